The van der Waals surface area contributed by atoms with Crippen LogP contribution in [-0.4, -0.2) is 55.9 Å². The summed E-state index contributed by atoms with van der Waals surface area (Å²) in [7, 11) is 0. The Hall–Kier alpha value is -1.35. The van der Waals surface area contributed by atoms with Crippen molar-refractivity contribution < 1.29 is 4.79 Å². The third-order valence-corrected chi connectivity index (χ3v) is 5.81. The van der Waals surface area contributed by atoms with Gasteiger partial charge >= 0.3 is 0 Å². The second kappa shape index (κ2) is 9.73. The van der Waals surface area contributed by atoms with E-state index in [1.54, 1.807) is 11.8 Å². The number of anilines is 1. The Morgan fingerprint density at radius 1 is 1.33 bits per heavy atom. The van der Waals surface area contributed by atoms with Crippen LogP contribution in [0.25, 0.3) is 11.0 Å². The van der Waals surface area contributed by atoms with E-state index in [-0.39, 0.29) is 5.91 Å². The molecule has 0 aromatic carbocycles. The molecule has 1 N–H and O–H groups in total. The fourth-order valence-corrected chi connectivity index (χ4v) is 4.12. The van der Waals surface area contributed by atoms with Crippen molar-refractivity contribution in [3.63, 3.8) is 0 Å². The number of hydrogen-bond donors (Lipinski definition) is 1. The lowest BCUT2D eigenvalue weighted by Crippen LogP contribution is -2.27. The summed E-state index contributed by atoms with van der Waals surface area (Å²) in [6, 6.07) is 0. The van der Waals surface area contributed by atoms with E-state index in [0.29, 0.717) is 24.8 Å². The van der Waals surface area contributed by atoms with Gasteiger partial charge in [0.2, 0.25) is 5.91 Å². The van der Waals surface area contributed by atoms with E-state index in [9.17, 15) is 4.79 Å². The maximum absolute atomic E-state index is 11.8. The van der Waals surface area contributed by atoms with Gasteiger partial charge in [0.05, 0.1) is 18.1 Å². The van der Waals surface area contributed by atoms with Crippen LogP contribution in [0, 0.1) is 0 Å². The molecule has 0 bridgehead atoms. The highest BCUT2D eigenvalue weighted by Crippen LogP contribution is 2.30. The lowest BCUT2D eigenvalue weighted by Gasteiger charge is -2.18. The van der Waals surface area contributed by atoms with Crippen molar-refractivity contribution in [1.82, 2.24) is 25.1 Å². The molecule has 3 rings (SSSR count). The van der Waals surface area contributed by atoms with Crippen LogP contribution in [0.4, 0.5) is 5.82 Å². The third kappa shape index (κ3) is 5.34. The van der Waals surface area contributed by atoms with Gasteiger partial charge in [0.1, 0.15) is 5.82 Å². The first-order valence-electron chi connectivity index (χ1n) is 9.56. The Kier molecular flexibility index (Phi) is 7.34. The minimum atomic E-state index is 0.0781. The number of fused-ring (bicyclic) bond motifs is 1. The monoisotopic (exact) mass is 454 g/mol. The van der Waals surface area contributed by atoms with Crippen LogP contribution in [-0.2, 0) is 11.3 Å². The topological polar surface area (TPSA) is 75.9 Å². The zero-order chi connectivity index (χ0) is 19.2. The minimum Gasteiger partial charge on any atom is -0.356 e. The highest BCUT2D eigenvalue weighted by atomic mass is 79.9. The molecular weight excluding hydrogens is 428 g/mol. The molecule has 27 heavy (non-hydrogen) atoms. The number of thioether (sulfide) groups is 1. The molecule has 7 nitrogen and oxygen atoms in total. The standard InChI is InChI=1S/C18H27BrN6OS/c1-13(2)27-18-22-16(24-9-3-4-10-24)14-12-21-25(17(14)23-18)11-8-20-15(26)6-5-7-19/h12-13H,3-11H2,1-2H3,(H,20,26). The maximum atomic E-state index is 11.8. The van der Waals surface area contributed by atoms with Crippen molar-refractivity contribution in [3.8, 4) is 0 Å². The molecule has 1 saturated heterocycles. The maximum Gasteiger partial charge on any atom is 0.220 e. The summed E-state index contributed by atoms with van der Waals surface area (Å²) >= 11 is 5.02. The molecule has 1 aliphatic rings. The first kappa shape index (κ1) is 20.4. The number of rotatable bonds is 9. The summed E-state index contributed by atoms with van der Waals surface area (Å²) in [5, 5.41) is 10.5. The van der Waals surface area contributed by atoms with Crippen LogP contribution >= 0.6 is 27.7 Å². The predicted octanol–water partition coefficient (Wildman–Crippen LogP) is 3.22. The van der Waals surface area contributed by atoms with Gasteiger partial charge in [-0.1, -0.05) is 41.5 Å². The van der Waals surface area contributed by atoms with E-state index >= 15 is 0 Å². The van der Waals surface area contributed by atoms with Gasteiger partial charge in [-0.05, 0) is 19.3 Å². The van der Waals surface area contributed by atoms with Crippen LogP contribution in [0.1, 0.15) is 39.5 Å². The zero-order valence-electron chi connectivity index (χ0n) is 15.9. The number of halogens is 1. The number of carbonyl (C=O) groups is 1. The van der Waals surface area contributed by atoms with E-state index in [0.717, 1.165) is 46.8 Å². The van der Waals surface area contributed by atoms with Crippen molar-refractivity contribution in [1.29, 1.82) is 0 Å². The summed E-state index contributed by atoms with van der Waals surface area (Å²) in [4.78, 5) is 23.7. The Labute approximate surface area is 172 Å². The molecule has 1 fully saturated rings. The average molecular weight is 455 g/mol. The molecule has 0 saturated carbocycles. The number of amides is 1. The second-order valence-corrected chi connectivity index (χ2v) is 9.27. The molecule has 2 aromatic heterocycles. The summed E-state index contributed by atoms with van der Waals surface area (Å²) in [5.74, 6) is 1.07. The second-order valence-electron chi connectivity index (χ2n) is 6.94. The normalized spacial score (nSPS) is 14.4. The van der Waals surface area contributed by atoms with E-state index in [2.05, 4.69) is 45.1 Å². The summed E-state index contributed by atoms with van der Waals surface area (Å²) < 4.78 is 1.88. The van der Waals surface area contributed by atoms with Gasteiger partial charge < -0.3 is 10.2 Å². The quantitative estimate of drug-likeness (QED) is 0.356. The zero-order valence-corrected chi connectivity index (χ0v) is 18.4. The molecule has 2 aromatic rings. The van der Waals surface area contributed by atoms with Gasteiger partial charge in [0.15, 0.2) is 10.8 Å². The lowest BCUT2D eigenvalue weighted by molar-refractivity contribution is -0.121. The third-order valence-electron chi connectivity index (χ3n) is 4.39. The van der Waals surface area contributed by atoms with Crippen LogP contribution in [0.3, 0.4) is 0 Å². The highest BCUT2D eigenvalue weighted by Gasteiger charge is 2.21. The van der Waals surface area contributed by atoms with Gasteiger partial charge in [-0.25, -0.2) is 14.6 Å². The van der Waals surface area contributed by atoms with E-state index < -0.39 is 0 Å². The first-order chi connectivity index (χ1) is 13.1. The van der Waals surface area contributed by atoms with E-state index in [1.165, 1.54) is 12.8 Å². The fourth-order valence-electron chi connectivity index (χ4n) is 3.14. The lowest BCUT2D eigenvalue weighted by atomic mass is 10.3. The number of nitrogens with one attached hydrogen (secondary N) is 1. The number of nitrogens with zero attached hydrogens (tertiary/aromatic N) is 5. The molecule has 3 heterocycles. The summed E-state index contributed by atoms with van der Waals surface area (Å²) in [6.45, 7) is 7.51. The number of carbonyl (C=O) groups excluding carboxylic acids is 1. The fraction of sp³-hybridized carbons (Fsp3) is 0.667. The predicted molar refractivity (Wildman–Crippen MR) is 114 cm³/mol. The largest absolute Gasteiger partial charge is 0.356 e. The highest BCUT2D eigenvalue weighted by molar-refractivity contribution is 9.09. The van der Waals surface area contributed by atoms with Crippen molar-refractivity contribution in [2.75, 3.05) is 29.9 Å². The van der Waals surface area contributed by atoms with E-state index in [1.807, 2.05) is 10.9 Å². The molecule has 0 radical (unpaired) electrons. The average Bonchev–Trinajstić information content (AvgIpc) is 3.29. The Morgan fingerprint density at radius 3 is 2.81 bits per heavy atom. The van der Waals surface area contributed by atoms with E-state index in [4.69, 9.17) is 9.97 Å². The molecule has 1 aliphatic heterocycles. The number of aromatic nitrogens is 4. The van der Waals surface area contributed by atoms with Crippen molar-refractivity contribution in [3.05, 3.63) is 6.20 Å². The minimum absolute atomic E-state index is 0.0781. The van der Waals surface area contributed by atoms with Gasteiger partial charge in [0, 0.05) is 36.6 Å². The van der Waals surface area contributed by atoms with Gasteiger partial charge in [0.25, 0.3) is 0 Å². The van der Waals surface area contributed by atoms with Crippen molar-refractivity contribution in [2.45, 2.75) is 56.5 Å². The molecule has 148 valence electrons. The Bertz CT molecular complexity index is 775. The Morgan fingerprint density at radius 2 is 2.11 bits per heavy atom. The number of alkyl halides is 1. The van der Waals surface area contributed by atoms with Crippen LogP contribution < -0.4 is 10.2 Å². The molecule has 0 unspecified atom stereocenters. The molecule has 0 atom stereocenters. The molecule has 0 spiro atoms. The number of hydrogen-bond acceptors (Lipinski definition) is 6. The molecular formula is C18H27BrN6OS. The van der Waals surface area contributed by atoms with Gasteiger partial charge in [-0.15, -0.1) is 0 Å². The first-order valence-corrected chi connectivity index (χ1v) is 11.6. The van der Waals surface area contributed by atoms with Crippen molar-refractivity contribution in [2.24, 2.45) is 0 Å². The Balaban J connectivity index is 1.79. The summed E-state index contributed by atoms with van der Waals surface area (Å²) in [6.07, 6.45) is 5.65. The molecule has 1 amide bonds. The van der Waals surface area contributed by atoms with Crippen molar-refractivity contribution >= 4 is 50.5 Å². The van der Waals surface area contributed by atoms with Crippen LogP contribution in [0.2, 0.25) is 0 Å². The molecule has 0 aliphatic carbocycles. The SMILES string of the molecule is CC(C)Sc1nc(N2CCCC2)c2cnn(CCNC(=O)CCCBr)c2n1. The van der Waals surface area contributed by atoms with Gasteiger partial charge in [-0.2, -0.15) is 5.10 Å². The summed E-state index contributed by atoms with van der Waals surface area (Å²) in [5.41, 5.74) is 0.852. The van der Waals surface area contributed by atoms with Crippen LogP contribution in [0.15, 0.2) is 11.4 Å². The van der Waals surface area contributed by atoms with Crippen LogP contribution in [0.5, 0.6) is 0 Å². The van der Waals surface area contributed by atoms with Gasteiger partial charge in [-0.3, -0.25) is 4.79 Å². The molecule has 9 heteroatoms. The smallest absolute Gasteiger partial charge is 0.220 e.